The van der Waals surface area contributed by atoms with Crippen molar-refractivity contribution in [1.82, 2.24) is 9.97 Å². The third-order valence-electron chi connectivity index (χ3n) is 2.74. The van der Waals surface area contributed by atoms with Gasteiger partial charge in [0.15, 0.2) is 0 Å². The summed E-state index contributed by atoms with van der Waals surface area (Å²) in [6.45, 7) is 6.99. The zero-order chi connectivity index (χ0) is 13.5. The molecule has 0 saturated carbocycles. The van der Waals surface area contributed by atoms with Gasteiger partial charge in [0, 0.05) is 25.3 Å². The van der Waals surface area contributed by atoms with Crippen LogP contribution in [0.15, 0.2) is 6.33 Å². The third kappa shape index (κ3) is 3.82. The number of nitrogens with two attached hydrogens (primary N) is 1. The van der Waals surface area contributed by atoms with Crippen LogP contribution in [0.4, 0.5) is 11.6 Å². The van der Waals surface area contributed by atoms with Crippen molar-refractivity contribution >= 4 is 11.6 Å². The van der Waals surface area contributed by atoms with Crippen molar-refractivity contribution in [2.75, 3.05) is 24.5 Å². The molecule has 1 aromatic heterocycles. The first kappa shape index (κ1) is 14.7. The van der Waals surface area contributed by atoms with Gasteiger partial charge >= 0.3 is 0 Å². The van der Waals surface area contributed by atoms with Crippen LogP contribution in [0.1, 0.15) is 38.7 Å². The molecule has 0 fully saturated rings. The molecule has 1 unspecified atom stereocenters. The second-order valence-electron chi connectivity index (χ2n) is 4.61. The number of hydrazine groups is 1. The summed E-state index contributed by atoms with van der Waals surface area (Å²) in [6.07, 6.45) is 2.43. The molecule has 0 radical (unpaired) electrons. The summed E-state index contributed by atoms with van der Waals surface area (Å²) in [7, 11) is 1.70. The largest absolute Gasteiger partial charge is 0.385 e. The lowest BCUT2D eigenvalue weighted by Gasteiger charge is -2.20. The number of hydrogen-bond acceptors (Lipinski definition) is 6. The fourth-order valence-electron chi connectivity index (χ4n) is 1.77. The Morgan fingerprint density at radius 1 is 1.28 bits per heavy atom. The zero-order valence-corrected chi connectivity index (χ0v) is 11.5. The molecule has 1 aromatic rings. The van der Waals surface area contributed by atoms with Crippen LogP contribution in [0.25, 0.3) is 0 Å². The molecular formula is C12H23N5O. The molecule has 1 heterocycles. The van der Waals surface area contributed by atoms with E-state index in [4.69, 9.17) is 10.6 Å². The molecule has 102 valence electrons. The van der Waals surface area contributed by atoms with E-state index in [9.17, 15) is 0 Å². The number of nitrogens with zero attached hydrogens (tertiary/aromatic N) is 2. The SMILES string of the molecule is COCCC(C)Nc1ncnc(NN)c1C(C)C. The first-order valence-electron chi connectivity index (χ1n) is 6.17. The molecule has 0 amide bonds. The van der Waals surface area contributed by atoms with Crippen molar-refractivity contribution in [2.45, 2.75) is 39.2 Å². The average molecular weight is 253 g/mol. The minimum atomic E-state index is 0.281. The molecule has 4 N–H and O–H groups in total. The summed E-state index contributed by atoms with van der Waals surface area (Å²) in [6, 6.07) is 0.281. The Kier molecular flexibility index (Phi) is 5.80. The van der Waals surface area contributed by atoms with Gasteiger partial charge in [-0.15, -0.1) is 0 Å². The Balaban J connectivity index is 2.87. The zero-order valence-electron chi connectivity index (χ0n) is 11.5. The van der Waals surface area contributed by atoms with E-state index in [1.54, 1.807) is 7.11 Å². The van der Waals surface area contributed by atoms with E-state index in [0.717, 1.165) is 24.4 Å². The number of methoxy groups -OCH3 is 1. The van der Waals surface area contributed by atoms with Gasteiger partial charge in [0.2, 0.25) is 0 Å². The lowest BCUT2D eigenvalue weighted by atomic mass is 10.0. The van der Waals surface area contributed by atoms with Crippen molar-refractivity contribution in [1.29, 1.82) is 0 Å². The molecule has 18 heavy (non-hydrogen) atoms. The Morgan fingerprint density at radius 2 is 1.94 bits per heavy atom. The van der Waals surface area contributed by atoms with Crippen molar-refractivity contribution in [3.8, 4) is 0 Å². The number of hydrogen-bond donors (Lipinski definition) is 3. The van der Waals surface area contributed by atoms with E-state index in [0.29, 0.717) is 5.82 Å². The van der Waals surface area contributed by atoms with E-state index in [-0.39, 0.29) is 12.0 Å². The van der Waals surface area contributed by atoms with Crippen LogP contribution in [0.3, 0.4) is 0 Å². The Hall–Kier alpha value is -1.40. The highest BCUT2D eigenvalue weighted by Crippen LogP contribution is 2.28. The number of rotatable bonds is 7. The average Bonchev–Trinajstić information content (AvgIpc) is 2.35. The quantitative estimate of drug-likeness (QED) is 0.507. The van der Waals surface area contributed by atoms with Crippen molar-refractivity contribution < 1.29 is 4.74 Å². The highest BCUT2D eigenvalue weighted by Gasteiger charge is 2.15. The minimum absolute atomic E-state index is 0.281. The molecule has 0 bridgehead atoms. The van der Waals surface area contributed by atoms with Crippen LogP contribution >= 0.6 is 0 Å². The van der Waals surface area contributed by atoms with E-state index >= 15 is 0 Å². The number of nitrogen functional groups attached to an aromatic ring is 1. The van der Waals surface area contributed by atoms with Crippen LogP contribution in [-0.4, -0.2) is 29.7 Å². The summed E-state index contributed by atoms with van der Waals surface area (Å²) in [4.78, 5) is 8.43. The molecule has 1 atom stereocenters. The van der Waals surface area contributed by atoms with Crippen LogP contribution in [-0.2, 0) is 4.74 Å². The van der Waals surface area contributed by atoms with Gasteiger partial charge in [0.1, 0.15) is 18.0 Å². The van der Waals surface area contributed by atoms with E-state index < -0.39 is 0 Å². The van der Waals surface area contributed by atoms with Gasteiger partial charge in [-0.05, 0) is 19.3 Å². The van der Waals surface area contributed by atoms with Crippen LogP contribution in [0.2, 0.25) is 0 Å². The van der Waals surface area contributed by atoms with E-state index in [1.165, 1.54) is 6.33 Å². The molecule has 0 aliphatic heterocycles. The maximum Gasteiger partial charge on any atom is 0.148 e. The number of nitrogens with one attached hydrogen (secondary N) is 2. The highest BCUT2D eigenvalue weighted by atomic mass is 16.5. The lowest BCUT2D eigenvalue weighted by Crippen LogP contribution is -2.21. The van der Waals surface area contributed by atoms with Crippen molar-refractivity contribution in [2.24, 2.45) is 5.84 Å². The monoisotopic (exact) mass is 253 g/mol. The van der Waals surface area contributed by atoms with Crippen LogP contribution < -0.4 is 16.6 Å². The molecule has 1 rings (SSSR count). The van der Waals surface area contributed by atoms with E-state index in [2.05, 4.69) is 41.5 Å². The topological polar surface area (TPSA) is 85.1 Å². The molecule has 0 aromatic carbocycles. The number of ether oxygens (including phenoxy) is 1. The second-order valence-corrected chi connectivity index (χ2v) is 4.61. The minimum Gasteiger partial charge on any atom is -0.385 e. The first-order valence-corrected chi connectivity index (χ1v) is 6.17. The van der Waals surface area contributed by atoms with Crippen molar-refractivity contribution in [3.05, 3.63) is 11.9 Å². The molecule has 0 aliphatic rings. The summed E-state index contributed by atoms with van der Waals surface area (Å²) < 4.78 is 5.07. The normalized spacial score (nSPS) is 12.6. The molecular weight excluding hydrogens is 230 g/mol. The molecule has 0 spiro atoms. The molecule has 6 heteroatoms. The highest BCUT2D eigenvalue weighted by molar-refractivity contribution is 5.58. The Bertz CT molecular complexity index is 369. The number of aromatic nitrogens is 2. The van der Waals surface area contributed by atoms with Gasteiger partial charge in [-0.2, -0.15) is 0 Å². The number of anilines is 2. The summed E-state index contributed by atoms with van der Waals surface area (Å²) in [5, 5.41) is 3.37. The van der Waals surface area contributed by atoms with Gasteiger partial charge in [-0.1, -0.05) is 13.8 Å². The predicted molar refractivity (Wildman–Crippen MR) is 73.5 cm³/mol. The van der Waals surface area contributed by atoms with Crippen LogP contribution in [0, 0.1) is 0 Å². The predicted octanol–water partition coefficient (Wildman–Crippen LogP) is 1.72. The third-order valence-corrected chi connectivity index (χ3v) is 2.74. The maximum absolute atomic E-state index is 5.48. The molecule has 0 saturated heterocycles. The fraction of sp³-hybridized carbons (Fsp3) is 0.667. The molecule has 6 nitrogen and oxygen atoms in total. The standard InChI is InChI=1S/C12H23N5O/c1-8(2)10-11(14-7-15-12(10)17-13)16-9(3)5-6-18-4/h7-9H,5-6,13H2,1-4H3,(H2,14,15,16,17). The van der Waals surface area contributed by atoms with Gasteiger partial charge in [0.25, 0.3) is 0 Å². The van der Waals surface area contributed by atoms with Crippen LogP contribution in [0.5, 0.6) is 0 Å². The van der Waals surface area contributed by atoms with E-state index in [1.807, 2.05) is 0 Å². The lowest BCUT2D eigenvalue weighted by molar-refractivity contribution is 0.191. The summed E-state index contributed by atoms with van der Waals surface area (Å²) in [5.74, 6) is 7.26. The van der Waals surface area contributed by atoms with Crippen molar-refractivity contribution in [3.63, 3.8) is 0 Å². The van der Waals surface area contributed by atoms with Gasteiger partial charge < -0.3 is 15.5 Å². The fourth-order valence-corrected chi connectivity index (χ4v) is 1.77. The summed E-state index contributed by atoms with van der Waals surface area (Å²) >= 11 is 0. The Labute approximate surface area is 108 Å². The first-order chi connectivity index (χ1) is 8.60. The second kappa shape index (κ2) is 7.13. The summed E-state index contributed by atoms with van der Waals surface area (Å²) in [5.41, 5.74) is 3.62. The maximum atomic E-state index is 5.48. The van der Waals surface area contributed by atoms with Gasteiger partial charge in [0.05, 0.1) is 0 Å². The Morgan fingerprint density at radius 3 is 2.50 bits per heavy atom. The molecule has 0 aliphatic carbocycles. The van der Waals surface area contributed by atoms with Gasteiger partial charge in [-0.25, -0.2) is 15.8 Å². The smallest absolute Gasteiger partial charge is 0.148 e. The van der Waals surface area contributed by atoms with Gasteiger partial charge in [-0.3, -0.25) is 0 Å².